The maximum Gasteiger partial charge on any atom is 0.305 e. The fourth-order valence-electron chi connectivity index (χ4n) is 3.88. The molecule has 1 atom stereocenters. The highest BCUT2D eigenvalue weighted by Crippen LogP contribution is 2.26. The number of aromatic nitrogens is 2. The predicted octanol–water partition coefficient (Wildman–Crippen LogP) is 5.00. The second-order valence-corrected chi connectivity index (χ2v) is 9.15. The molecule has 9 heteroatoms. The van der Waals surface area contributed by atoms with E-state index in [1.807, 2.05) is 42.5 Å². The molecule has 0 spiro atoms. The first-order valence-electron chi connectivity index (χ1n) is 12.2. The van der Waals surface area contributed by atoms with E-state index in [1.165, 1.54) is 0 Å². The Morgan fingerprint density at radius 1 is 1.05 bits per heavy atom. The third-order valence-corrected chi connectivity index (χ3v) is 5.62. The largest absolute Gasteiger partial charge is 0.488 e. The van der Waals surface area contributed by atoms with Crippen LogP contribution in [0.1, 0.15) is 37.0 Å². The molecule has 0 aliphatic heterocycles. The zero-order valence-corrected chi connectivity index (χ0v) is 20.8. The first-order valence-corrected chi connectivity index (χ1v) is 12.2. The van der Waals surface area contributed by atoms with E-state index in [9.17, 15) is 9.59 Å². The number of carbonyl (C=O) groups is 2. The van der Waals surface area contributed by atoms with Crippen LogP contribution in [-0.2, 0) is 4.79 Å². The van der Waals surface area contributed by atoms with Gasteiger partial charge in [0.1, 0.15) is 12.2 Å². The van der Waals surface area contributed by atoms with Crippen molar-refractivity contribution in [3.8, 4) is 17.3 Å². The van der Waals surface area contributed by atoms with Crippen molar-refractivity contribution in [1.29, 1.82) is 0 Å². The highest BCUT2D eigenvalue weighted by atomic mass is 16.5. The molecule has 37 heavy (non-hydrogen) atoms. The van der Waals surface area contributed by atoms with Gasteiger partial charge in [-0.3, -0.25) is 9.59 Å². The molecule has 2 aromatic carbocycles. The monoisotopic (exact) mass is 502 g/mol. The standard InChI is InChI=1S/C28H30N4O5/c1-18(2)13-22(32-21-9-7-19(8-10-21)28(35)29-12-11-26(33)34)17-36-23-15-30-27(31-16-23)25-14-20-5-3-4-6-24(20)37-25/h3-10,14-16,18,22,32H,11-13,17H2,1-2H3,(H,29,35)(H,33,34)/t22-/m0/s1. The third-order valence-electron chi connectivity index (χ3n) is 5.62. The highest BCUT2D eigenvalue weighted by molar-refractivity contribution is 5.94. The third kappa shape index (κ3) is 7.30. The molecule has 0 aliphatic carbocycles. The Labute approximate surface area is 214 Å². The number of furan rings is 1. The van der Waals surface area contributed by atoms with Crippen LogP contribution in [-0.4, -0.2) is 46.1 Å². The van der Waals surface area contributed by atoms with Crippen molar-refractivity contribution < 1.29 is 23.8 Å². The van der Waals surface area contributed by atoms with E-state index in [2.05, 4.69) is 34.4 Å². The number of para-hydroxylation sites is 1. The van der Waals surface area contributed by atoms with Crippen LogP contribution in [0.3, 0.4) is 0 Å². The molecule has 192 valence electrons. The van der Waals surface area contributed by atoms with Crippen LogP contribution in [0, 0.1) is 5.92 Å². The van der Waals surface area contributed by atoms with Crippen LogP contribution in [0.25, 0.3) is 22.6 Å². The quantitative estimate of drug-likeness (QED) is 0.247. The average molecular weight is 503 g/mol. The van der Waals surface area contributed by atoms with Crippen molar-refractivity contribution >= 4 is 28.5 Å². The highest BCUT2D eigenvalue weighted by Gasteiger charge is 2.14. The van der Waals surface area contributed by atoms with E-state index in [4.69, 9.17) is 14.3 Å². The normalized spacial score (nSPS) is 11.9. The summed E-state index contributed by atoms with van der Waals surface area (Å²) in [5.41, 5.74) is 2.11. The van der Waals surface area contributed by atoms with E-state index >= 15 is 0 Å². The van der Waals surface area contributed by atoms with Crippen molar-refractivity contribution in [3.63, 3.8) is 0 Å². The molecule has 0 fully saturated rings. The van der Waals surface area contributed by atoms with Gasteiger partial charge >= 0.3 is 5.97 Å². The molecule has 0 bridgehead atoms. The number of carboxylic acid groups (broad SMARTS) is 1. The number of ether oxygens (including phenoxy) is 1. The smallest absolute Gasteiger partial charge is 0.305 e. The minimum atomic E-state index is -0.952. The van der Waals surface area contributed by atoms with Crippen LogP contribution in [0.15, 0.2) is 71.4 Å². The molecule has 0 aliphatic rings. The summed E-state index contributed by atoms with van der Waals surface area (Å²) in [6.45, 7) is 4.78. The summed E-state index contributed by atoms with van der Waals surface area (Å²) >= 11 is 0. The lowest BCUT2D eigenvalue weighted by molar-refractivity contribution is -0.136. The number of nitrogens with zero attached hydrogens (tertiary/aromatic N) is 2. The van der Waals surface area contributed by atoms with Gasteiger partial charge in [0.15, 0.2) is 17.3 Å². The molecule has 0 saturated carbocycles. The minimum absolute atomic E-state index is 0.0188. The molecule has 4 rings (SSSR count). The van der Waals surface area contributed by atoms with Gasteiger partial charge in [-0.1, -0.05) is 32.0 Å². The van der Waals surface area contributed by atoms with Crippen LogP contribution in [0.2, 0.25) is 0 Å². The Morgan fingerprint density at radius 2 is 1.78 bits per heavy atom. The predicted molar refractivity (Wildman–Crippen MR) is 141 cm³/mol. The molecular weight excluding hydrogens is 472 g/mol. The van der Waals surface area contributed by atoms with Crippen LogP contribution in [0.4, 0.5) is 5.69 Å². The van der Waals surface area contributed by atoms with Gasteiger partial charge in [-0.2, -0.15) is 0 Å². The topological polar surface area (TPSA) is 127 Å². The summed E-state index contributed by atoms with van der Waals surface area (Å²) in [5, 5.41) is 15.8. The van der Waals surface area contributed by atoms with Crippen molar-refractivity contribution in [2.24, 2.45) is 5.92 Å². The Balaban J connectivity index is 1.34. The average Bonchev–Trinajstić information content (AvgIpc) is 3.32. The number of carboxylic acids is 1. The van der Waals surface area contributed by atoms with E-state index in [1.54, 1.807) is 24.5 Å². The molecule has 2 aromatic heterocycles. The summed E-state index contributed by atoms with van der Waals surface area (Å²) in [6.07, 6.45) is 4.03. The molecule has 0 saturated heterocycles. The fraction of sp³-hybridized carbons (Fsp3) is 0.286. The summed E-state index contributed by atoms with van der Waals surface area (Å²) in [5.74, 6) is 0.836. The lowest BCUT2D eigenvalue weighted by Gasteiger charge is -2.22. The van der Waals surface area contributed by atoms with Crippen LogP contribution in [0.5, 0.6) is 5.75 Å². The molecule has 4 aromatic rings. The summed E-state index contributed by atoms with van der Waals surface area (Å²) < 4.78 is 11.8. The molecule has 1 amide bonds. The Kier molecular flexibility index (Phi) is 8.35. The van der Waals surface area contributed by atoms with Gasteiger partial charge in [-0.25, -0.2) is 9.97 Å². The summed E-state index contributed by atoms with van der Waals surface area (Å²) in [7, 11) is 0. The maximum absolute atomic E-state index is 12.2. The number of benzene rings is 2. The zero-order valence-electron chi connectivity index (χ0n) is 20.8. The van der Waals surface area contributed by atoms with Gasteiger partial charge in [0.25, 0.3) is 5.91 Å². The van der Waals surface area contributed by atoms with Crippen molar-refractivity contribution in [2.45, 2.75) is 32.7 Å². The van der Waals surface area contributed by atoms with Crippen LogP contribution < -0.4 is 15.4 Å². The second kappa shape index (κ2) is 12.0. The number of hydrogen-bond donors (Lipinski definition) is 3. The number of carbonyl (C=O) groups excluding carboxylic acids is 1. The second-order valence-electron chi connectivity index (χ2n) is 9.15. The molecule has 0 unspecified atom stereocenters. The first kappa shape index (κ1) is 25.7. The summed E-state index contributed by atoms with van der Waals surface area (Å²) in [4.78, 5) is 31.6. The molecule has 2 heterocycles. The number of nitrogens with one attached hydrogen (secondary N) is 2. The number of fused-ring (bicyclic) bond motifs is 1. The van der Waals surface area contributed by atoms with Crippen LogP contribution >= 0.6 is 0 Å². The van der Waals surface area contributed by atoms with Gasteiger partial charge in [-0.15, -0.1) is 0 Å². The van der Waals surface area contributed by atoms with Gasteiger partial charge in [-0.05, 0) is 48.7 Å². The van der Waals surface area contributed by atoms with E-state index < -0.39 is 5.97 Å². The minimum Gasteiger partial charge on any atom is -0.488 e. The SMILES string of the molecule is CC(C)C[C@@H](COc1cnc(-c2cc3ccccc3o2)nc1)Nc1ccc(C(=O)NCCC(=O)O)cc1. The van der Waals surface area contributed by atoms with E-state index in [0.29, 0.717) is 35.4 Å². The Hall–Kier alpha value is -4.40. The number of aliphatic carboxylic acids is 1. The van der Waals surface area contributed by atoms with Gasteiger partial charge < -0.3 is 24.9 Å². The lowest BCUT2D eigenvalue weighted by Crippen LogP contribution is -2.29. The van der Waals surface area contributed by atoms with Gasteiger partial charge in [0.2, 0.25) is 0 Å². The molecule has 3 N–H and O–H groups in total. The Bertz CT molecular complexity index is 1300. The first-order chi connectivity index (χ1) is 17.9. The lowest BCUT2D eigenvalue weighted by atomic mass is 10.0. The number of hydrogen-bond acceptors (Lipinski definition) is 7. The van der Waals surface area contributed by atoms with Crippen molar-refractivity contribution in [3.05, 3.63) is 72.6 Å². The molecule has 0 radical (unpaired) electrons. The van der Waals surface area contributed by atoms with E-state index in [-0.39, 0.29) is 24.9 Å². The van der Waals surface area contributed by atoms with Gasteiger partial charge in [0, 0.05) is 23.2 Å². The number of amides is 1. The van der Waals surface area contributed by atoms with Crippen molar-refractivity contribution in [2.75, 3.05) is 18.5 Å². The molecule has 9 nitrogen and oxygen atoms in total. The van der Waals surface area contributed by atoms with Crippen molar-refractivity contribution in [1.82, 2.24) is 15.3 Å². The number of anilines is 1. The maximum atomic E-state index is 12.2. The zero-order chi connectivity index (χ0) is 26.2. The van der Waals surface area contributed by atoms with Gasteiger partial charge in [0.05, 0.1) is 24.9 Å². The fourth-order valence-corrected chi connectivity index (χ4v) is 3.88. The number of rotatable bonds is 12. The molecular formula is C28H30N4O5. The Morgan fingerprint density at radius 3 is 2.46 bits per heavy atom. The summed E-state index contributed by atoms with van der Waals surface area (Å²) in [6, 6.07) is 16.8. The van der Waals surface area contributed by atoms with E-state index in [0.717, 1.165) is 23.1 Å².